The molecule has 0 amide bonds. The Labute approximate surface area is 149 Å². The van der Waals surface area contributed by atoms with Gasteiger partial charge in [-0.3, -0.25) is 0 Å². The van der Waals surface area contributed by atoms with E-state index in [1.54, 1.807) is 0 Å². The van der Waals surface area contributed by atoms with Crippen molar-refractivity contribution in [2.24, 2.45) is 0 Å². The van der Waals surface area contributed by atoms with Crippen molar-refractivity contribution in [1.29, 1.82) is 0 Å². The SMILES string of the molecule is C=C(c1ccccc1)c1c(Cc2ccccc2)ccc2ccccc12. The minimum Gasteiger partial charge on any atom is -0.0905 e. The van der Waals surface area contributed by atoms with E-state index >= 15 is 0 Å². The summed E-state index contributed by atoms with van der Waals surface area (Å²) in [4.78, 5) is 0. The van der Waals surface area contributed by atoms with Gasteiger partial charge in [0, 0.05) is 0 Å². The van der Waals surface area contributed by atoms with Gasteiger partial charge in [0.05, 0.1) is 0 Å². The molecule has 0 nitrogen and oxygen atoms in total. The lowest BCUT2D eigenvalue weighted by atomic mass is 9.88. The Hall–Kier alpha value is -3.12. The lowest BCUT2D eigenvalue weighted by Crippen LogP contribution is -1.98. The molecule has 0 atom stereocenters. The Morgan fingerprint density at radius 2 is 1.28 bits per heavy atom. The van der Waals surface area contributed by atoms with E-state index < -0.39 is 0 Å². The molecule has 0 heteroatoms. The molecule has 0 aliphatic heterocycles. The highest BCUT2D eigenvalue weighted by molar-refractivity contribution is 5.98. The number of fused-ring (bicyclic) bond motifs is 1. The molecular weight excluding hydrogens is 300 g/mol. The van der Waals surface area contributed by atoms with Crippen molar-refractivity contribution in [3.05, 3.63) is 126 Å². The Bertz CT molecular complexity index is 1010. The molecule has 0 aliphatic carbocycles. The zero-order valence-electron chi connectivity index (χ0n) is 14.2. The van der Waals surface area contributed by atoms with Crippen molar-refractivity contribution >= 4 is 16.3 Å². The highest BCUT2D eigenvalue weighted by Crippen LogP contribution is 2.33. The fourth-order valence-electron chi connectivity index (χ4n) is 3.42. The van der Waals surface area contributed by atoms with Gasteiger partial charge >= 0.3 is 0 Å². The Morgan fingerprint density at radius 1 is 0.640 bits per heavy atom. The van der Waals surface area contributed by atoms with Gasteiger partial charge in [-0.05, 0) is 45.0 Å². The molecule has 0 saturated carbocycles. The van der Waals surface area contributed by atoms with Crippen LogP contribution < -0.4 is 0 Å². The quantitative estimate of drug-likeness (QED) is 0.403. The van der Waals surface area contributed by atoms with E-state index in [1.165, 1.54) is 33.0 Å². The first-order valence-electron chi connectivity index (χ1n) is 8.62. The first-order chi connectivity index (χ1) is 12.3. The van der Waals surface area contributed by atoms with Crippen molar-refractivity contribution < 1.29 is 0 Å². The van der Waals surface area contributed by atoms with E-state index in [0.717, 1.165) is 12.0 Å². The van der Waals surface area contributed by atoms with Crippen LogP contribution in [0.2, 0.25) is 0 Å². The van der Waals surface area contributed by atoms with E-state index in [9.17, 15) is 0 Å². The molecule has 0 fully saturated rings. The first kappa shape index (κ1) is 15.4. The monoisotopic (exact) mass is 320 g/mol. The summed E-state index contributed by atoms with van der Waals surface area (Å²) in [6.45, 7) is 4.45. The minimum atomic E-state index is 0.910. The molecule has 4 rings (SSSR count). The highest BCUT2D eigenvalue weighted by Gasteiger charge is 2.12. The summed E-state index contributed by atoms with van der Waals surface area (Å²) in [5.74, 6) is 0. The van der Waals surface area contributed by atoms with E-state index in [4.69, 9.17) is 0 Å². The zero-order valence-corrected chi connectivity index (χ0v) is 14.2. The second-order valence-electron chi connectivity index (χ2n) is 6.33. The van der Waals surface area contributed by atoms with Gasteiger partial charge in [-0.25, -0.2) is 0 Å². The van der Waals surface area contributed by atoms with Crippen molar-refractivity contribution in [2.45, 2.75) is 6.42 Å². The van der Waals surface area contributed by atoms with Crippen molar-refractivity contribution in [3.63, 3.8) is 0 Å². The maximum absolute atomic E-state index is 4.45. The van der Waals surface area contributed by atoms with Crippen molar-refractivity contribution in [2.75, 3.05) is 0 Å². The van der Waals surface area contributed by atoms with Gasteiger partial charge in [-0.2, -0.15) is 0 Å². The van der Waals surface area contributed by atoms with Gasteiger partial charge in [0.15, 0.2) is 0 Å². The van der Waals surface area contributed by atoms with Gasteiger partial charge in [0.25, 0.3) is 0 Å². The lowest BCUT2D eigenvalue weighted by Gasteiger charge is -2.16. The predicted octanol–water partition coefficient (Wildman–Crippen LogP) is 6.49. The zero-order chi connectivity index (χ0) is 17.1. The summed E-state index contributed by atoms with van der Waals surface area (Å²) >= 11 is 0. The third kappa shape index (κ3) is 3.12. The van der Waals surface area contributed by atoms with E-state index in [0.29, 0.717) is 0 Å². The van der Waals surface area contributed by atoms with Crippen LogP contribution in [0.15, 0.2) is 104 Å². The van der Waals surface area contributed by atoms with Crippen LogP contribution in [0, 0.1) is 0 Å². The average Bonchev–Trinajstić information content (AvgIpc) is 2.69. The molecule has 0 spiro atoms. The summed E-state index contributed by atoms with van der Waals surface area (Å²) in [5, 5.41) is 2.52. The number of benzene rings is 4. The van der Waals surface area contributed by atoms with Gasteiger partial charge in [-0.15, -0.1) is 0 Å². The lowest BCUT2D eigenvalue weighted by molar-refractivity contribution is 1.19. The predicted molar refractivity (Wildman–Crippen MR) is 108 cm³/mol. The molecule has 0 radical (unpaired) electrons. The van der Waals surface area contributed by atoms with Crippen LogP contribution in [-0.4, -0.2) is 0 Å². The molecule has 4 aromatic carbocycles. The normalized spacial score (nSPS) is 10.7. The Balaban J connectivity index is 1.89. The van der Waals surface area contributed by atoms with Gasteiger partial charge in [-0.1, -0.05) is 104 Å². The molecule has 0 aromatic heterocycles. The first-order valence-corrected chi connectivity index (χ1v) is 8.62. The van der Waals surface area contributed by atoms with Crippen LogP contribution in [0.4, 0.5) is 0 Å². The average molecular weight is 320 g/mol. The molecule has 0 aliphatic rings. The summed E-state index contributed by atoms with van der Waals surface area (Å²) < 4.78 is 0. The van der Waals surface area contributed by atoms with Gasteiger partial charge in [0.1, 0.15) is 0 Å². The molecular formula is C25H20. The van der Waals surface area contributed by atoms with Crippen molar-refractivity contribution in [3.8, 4) is 0 Å². The van der Waals surface area contributed by atoms with E-state index in [2.05, 4.69) is 97.6 Å². The van der Waals surface area contributed by atoms with Gasteiger partial charge < -0.3 is 0 Å². The standard InChI is InChI=1S/C25H20/c1-19(21-12-6-3-7-13-21)25-23(18-20-10-4-2-5-11-20)17-16-22-14-8-9-15-24(22)25/h2-17H,1,18H2. The topological polar surface area (TPSA) is 0 Å². The van der Waals surface area contributed by atoms with E-state index in [1.807, 2.05) is 6.07 Å². The maximum atomic E-state index is 4.45. The van der Waals surface area contributed by atoms with Gasteiger partial charge in [0.2, 0.25) is 0 Å². The number of hydrogen-bond acceptors (Lipinski definition) is 0. The molecule has 0 heterocycles. The molecule has 25 heavy (non-hydrogen) atoms. The second kappa shape index (κ2) is 6.78. The largest absolute Gasteiger partial charge is 0.0905 e. The second-order valence-corrected chi connectivity index (χ2v) is 6.33. The fourth-order valence-corrected chi connectivity index (χ4v) is 3.42. The molecule has 4 aromatic rings. The van der Waals surface area contributed by atoms with Crippen LogP contribution in [0.1, 0.15) is 22.3 Å². The summed E-state index contributed by atoms with van der Waals surface area (Å²) in [5.41, 5.74) is 6.16. The fraction of sp³-hybridized carbons (Fsp3) is 0.0400. The maximum Gasteiger partial charge on any atom is -0.00194 e. The molecule has 0 N–H and O–H groups in total. The van der Waals surface area contributed by atoms with Crippen LogP contribution in [0.5, 0.6) is 0 Å². The number of rotatable bonds is 4. The van der Waals surface area contributed by atoms with Crippen LogP contribution >= 0.6 is 0 Å². The molecule has 0 unspecified atom stereocenters. The number of hydrogen-bond donors (Lipinski definition) is 0. The van der Waals surface area contributed by atoms with Crippen LogP contribution in [0.3, 0.4) is 0 Å². The van der Waals surface area contributed by atoms with Crippen molar-refractivity contribution in [1.82, 2.24) is 0 Å². The Morgan fingerprint density at radius 3 is 2.04 bits per heavy atom. The summed E-state index contributed by atoms with van der Waals surface area (Å²) in [7, 11) is 0. The highest BCUT2D eigenvalue weighted by atomic mass is 14.2. The van der Waals surface area contributed by atoms with Crippen LogP contribution in [-0.2, 0) is 6.42 Å². The third-order valence-electron chi connectivity index (χ3n) is 4.68. The Kier molecular flexibility index (Phi) is 4.18. The molecule has 0 bridgehead atoms. The smallest absolute Gasteiger partial charge is 0.00194 e. The minimum absolute atomic E-state index is 0.910. The third-order valence-corrected chi connectivity index (χ3v) is 4.68. The summed E-state index contributed by atoms with van der Waals surface area (Å²) in [6.07, 6.45) is 0.910. The molecule has 120 valence electrons. The molecule has 0 saturated heterocycles. The van der Waals surface area contributed by atoms with E-state index in [-0.39, 0.29) is 0 Å². The summed E-state index contributed by atoms with van der Waals surface area (Å²) in [6, 6.07) is 34.1. The van der Waals surface area contributed by atoms with Crippen LogP contribution in [0.25, 0.3) is 16.3 Å².